The second kappa shape index (κ2) is 14.5. The maximum Gasteiger partial charge on any atom is 0.336 e. The summed E-state index contributed by atoms with van der Waals surface area (Å²) >= 11 is 0. The van der Waals surface area contributed by atoms with Crippen LogP contribution in [-0.2, 0) is 9.53 Å². The number of pyridine rings is 1. The first-order valence-electron chi connectivity index (χ1n) is 17.7. The van der Waals surface area contributed by atoms with E-state index in [1.54, 1.807) is 6.08 Å². The molecule has 0 radical (unpaired) electrons. The molecule has 3 aromatic carbocycles. The van der Waals surface area contributed by atoms with E-state index < -0.39 is 29.3 Å². The smallest absolute Gasteiger partial charge is 0.336 e. The Labute approximate surface area is 304 Å². The Morgan fingerprint density at radius 3 is 2.79 bits per heavy atom. The minimum absolute atomic E-state index is 0.0506. The zero-order valence-corrected chi connectivity index (χ0v) is 28.9. The summed E-state index contributed by atoms with van der Waals surface area (Å²) in [6.07, 6.45) is 12.0. The lowest BCUT2D eigenvalue weighted by molar-refractivity contribution is -0.128. The van der Waals surface area contributed by atoms with E-state index in [-0.39, 0.29) is 46.1 Å². The van der Waals surface area contributed by atoms with Crippen LogP contribution in [0.4, 0.5) is 19.0 Å². The number of anilines is 1. The van der Waals surface area contributed by atoms with Crippen LogP contribution in [0.1, 0.15) is 36.8 Å². The molecule has 8 rings (SSSR count). The van der Waals surface area contributed by atoms with E-state index in [2.05, 4.69) is 20.8 Å². The predicted octanol–water partition coefficient (Wildman–Crippen LogP) is 6.91. The normalized spacial score (nSPS) is 20.5. The number of benzene rings is 3. The second-order valence-corrected chi connectivity index (χ2v) is 13.6. The van der Waals surface area contributed by atoms with Crippen molar-refractivity contribution in [1.82, 2.24) is 19.9 Å². The third kappa shape index (κ3) is 6.78. The Morgan fingerprint density at radius 1 is 1.08 bits per heavy atom. The van der Waals surface area contributed by atoms with Gasteiger partial charge in [0, 0.05) is 55.9 Å². The van der Waals surface area contributed by atoms with Gasteiger partial charge in [0.15, 0.2) is 5.82 Å². The Bertz CT molecular complexity index is 2270. The quantitative estimate of drug-likeness (QED) is 0.0735. The number of rotatable bonds is 8. The van der Waals surface area contributed by atoms with Gasteiger partial charge in [0.05, 0.1) is 23.1 Å². The molecular formula is C41H36F3N5O4. The molecule has 3 fully saturated rings. The number of halogens is 3. The average molecular weight is 720 g/mol. The van der Waals surface area contributed by atoms with Gasteiger partial charge < -0.3 is 19.1 Å². The number of ether oxygens (including phenoxy) is 3. The fraction of sp³-hybridized carbons (Fsp3) is 0.317. The largest absolute Gasteiger partial charge is 0.461 e. The van der Waals surface area contributed by atoms with E-state index in [4.69, 9.17) is 25.6 Å². The van der Waals surface area contributed by atoms with Gasteiger partial charge in [0.1, 0.15) is 41.4 Å². The topological polar surface area (TPSA) is 89.9 Å². The molecule has 5 aromatic rings. The highest BCUT2D eigenvalue weighted by molar-refractivity contribution is 6.03. The van der Waals surface area contributed by atoms with Gasteiger partial charge in [-0.05, 0) is 61.0 Å². The highest BCUT2D eigenvalue weighted by atomic mass is 19.1. The summed E-state index contributed by atoms with van der Waals surface area (Å²) < 4.78 is 64.5. The molecule has 0 saturated carbocycles. The van der Waals surface area contributed by atoms with Gasteiger partial charge in [-0.2, -0.15) is 9.97 Å². The van der Waals surface area contributed by atoms with Crippen LogP contribution in [0, 0.1) is 24.0 Å². The molecular weight excluding hydrogens is 683 g/mol. The first kappa shape index (κ1) is 34.6. The van der Waals surface area contributed by atoms with Crippen LogP contribution in [0.25, 0.3) is 39.0 Å². The summed E-state index contributed by atoms with van der Waals surface area (Å²) in [4.78, 5) is 30.9. The van der Waals surface area contributed by atoms with Gasteiger partial charge in [0.2, 0.25) is 0 Å². The lowest BCUT2D eigenvalue weighted by atomic mass is 9.95. The molecule has 270 valence electrons. The van der Waals surface area contributed by atoms with E-state index >= 15 is 8.78 Å². The number of aromatic nitrogens is 3. The summed E-state index contributed by atoms with van der Waals surface area (Å²) in [6, 6.07) is 14.8. The maximum absolute atomic E-state index is 17.2. The van der Waals surface area contributed by atoms with Crippen LogP contribution < -0.4 is 14.4 Å². The first-order chi connectivity index (χ1) is 25.8. The Balaban J connectivity index is 1.24. The summed E-state index contributed by atoms with van der Waals surface area (Å²) in [5.41, 5.74) is 0.0762. The molecule has 0 bridgehead atoms. The highest BCUT2D eigenvalue weighted by Gasteiger charge is 2.49. The molecule has 9 nitrogen and oxygen atoms in total. The average Bonchev–Trinajstić information content (AvgIpc) is 3.55. The predicted molar refractivity (Wildman–Crippen MR) is 195 cm³/mol. The van der Waals surface area contributed by atoms with Gasteiger partial charge in [-0.3, -0.25) is 9.88 Å². The Kier molecular flexibility index (Phi) is 9.45. The molecule has 2 aromatic heterocycles. The zero-order chi connectivity index (χ0) is 36.5. The van der Waals surface area contributed by atoms with Crippen LogP contribution >= 0.6 is 0 Å². The van der Waals surface area contributed by atoms with E-state index in [0.717, 1.165) is 31.4 Å². The SMILES string of the molecule is C#Cc1c(F)ccc2cc(OC(=O)/C=C/c3ccccc3)cc(-c3ncc4c(N5CCCOCC5)nc(OC[C@@]56CCCN5C[C@H](F)C6)nc4c3F)c12. The molecule has 5 heterocycles. The van der Waals surface area contributed by atoms with Crippen molar-refractivity contribution >= 4 is 39.5 Å². The van der Waals surface area contributed by atoms with Crippen LogP contribution in [0.15, 0.2) is 66.9 Å². The van der Waals surface area contributed by atoms with E-state index in [0.29, 0.717) is 55.9 Å². The van der Waals surface area contributed by atoms with Crippen LogP contribution in [-0.4, -0.2) is 83.5 Å². The molecule has 12 heteroatoms. The molecule has 3 aliphatic rings. The Morgan fingerprint density at radius 2 is 1.94 bits per heavy atom. The molecule has 0 N–H and O–H groups in total. The molecule has 0 spiro atoms. The van der Waals surface area contributed by atoms with Crippen molar-refractivity contribution in [1.29, 1.82) is 0 Å². The summed E-state index contributed by atoms with van der Waals surface area (Å²) in [5, 5.41) is 0.968. The van der Waals surface area contributed by atoms with Gasteiger partial charge in [-0.1, -0.05) is 42.3 Å². The molecule has 3 aliphatic heterocycles. The van der Waals surface area contributed by atoms with Crippen molar-refractivity contribution in [3.05, 3.63) is 89.6 Å². The van der Waals surface area contributed by atoms with Gasteiger partial charge in [-0.15, -0.1) is 6.42 Å². The number of nitrogens with zero attached hydrogens (tertiary/aromatic N) is 5. The van der Waals surface area contributed by atoms with Gasteiger partial charge >= 0.3 is 12.0 Å². The van der Waals surface area contributed by atoms with E-state index in [1.807, 2.05) is 35.2 Å². The van der Waals surface area contributed by atoms with Gasteiger partial charge in [-0.25, -0.2) is 18.0 Å². The fourth-order valence-electron chi connectivity index (χ4n) is 7.80. The van der Waals surface area contributed by atoms with E-state index in [9.17, 15) is 9.18 Å². The Hall–Kier alpha value is -5.51. The fourth-order valence-corrected chi connectivity index (χ4v) is 7.80. The summed E-state index contributed by atoms with van der Waals surface area (Å²) in [6.45, 7) is 3.42. The van der Waals surface area contributed by atoms with Crippen molar-refractivity contribution in [2.75, 3.05) is 50.9 Å². The molecule has 0 aliphatic carbocycles. The van der Waals surface area contributed by atoms with Crippen molar-refractivity contribution in [3.8, 4) is 35.4 Å². The molecule has 0 unspecified atom stereocenters. The number of alkyl halides is 1. The van der Waals surface area contributed by atoms with Crippen molar-refractivity contribution in [2.45, 2.75) is 37.4 Å². The van der Waals surface area contributed by atoms with Crippen molar-refractivity contribution in [2.24, 2.45) is 0 Å². The third-order valence-electron chi connectivity index (χ3n) is 10.3. The van der Waals surface area contributed by atoms with E-state index in [1.165, 1.54) is 36.5 Å². The van der Waals surface area contributed by atoms with Gasteiger partial charge in [0.25, 0.3) is 0 Å². The molecule has 0 amide bonds. The minimum atomic E-state index is -0.947. The lowest BCUT2D eigenvalue weighted by Crippen LogP contribution is -2.43. The van der Waals surface area contributed by atoms with Crippen LogP contribution in [0.5, 0.6) is 11.8 Å². The van der Waals surface area contributed by atoms with Crippen LogP contribution in [0.3, 0.4) is 0 Å². The molecule has 53 heavy (non-hydrogen) atoms. The lowest BCUT2D eigenvalue weighted by Gasteiger charge is -2.31. The minimum Gasteiger partial charge on any atom is -0.461 e. The third-order valence-corrected chi connectivity index (χ3v) is 10.3. The number of carbonyl (C=O) groups excluding carboxylic acids is 1. The number of fused-ring (bicyclic) bond motifs is 3. The first-order valence-corrected chi connectivity index (χ1v) is 17.7. The zero-order valence-electron chi connectivity index (χ0n) is 28.9. The van der Waals surface area contributed by atoms with Crippen molar-refractivity contribution < 1.29 is 32.2 Å². The summed E-state index contributed by atoms with van der Waals surface area (Å²) in [7, 11) is 0. The molecule has 2 atom stereocenters. The second-order valence-electron chi connectivity index (χ2n) is 13.6. The van der Waals surface area contributed by atoms with Crippen molar-refractivity contribution in [3.63, 3.8) is 0 Å². The monoisotopic (exact) mass is 719 g/mol. The number of esters is 1. The number of carbonyl (C=O) groups is 1. The summed E-state index contributed by atoms with van der Waals surface area (Å²) in [5.74, 6) is 0.724. The number of hydrogen-bond donors (Lipinski definition) is 0. The number of hydrogen-bond acceptors (Lipinski definition) is 9. The maximum atomic E-state index is 17.2. The molecule has 3 saturated heterocycles. The van der Waals surface area contributed by atoms with Crippen LogP contribution in [0.2, 0.25) is 0 Å². The number of terminal acetylenes is 1. The standard InChI is InChI=1S/C41H36F3N5O4/c1-2-30-33(43)12-11-27-20-29(53-34(50)13-10-26-8-4-3-5-9-26)21-31(35(27)30)37-36(44)38-32(23-45-37)39(48-15-7-18-51-19-17-48)47-40(46-38)52-25-41-14-6-16-49(41)24-28(42)22-41/h1,3-5,8-13,20-21,23,28H,6-7,14-19,22,24-25H2/b13-10+/t28-,41+/m1/s1. The highest BCUT2D eigenvalue weighted by Crippen LogP contribution is 2.42.